The number of nitrogens with zero attached hydrogens (tertiary/aromatic N) is 2. The summed E-state index contributed by atoms with van der Waals surface area (Å²) in [5, 5.41) is 0. The van der Waals surface area contributed by atoms with Crippen LogP contribution in [0, 0.1) is 6.92 Å². The molecule has 0 radical (unpaired) electrons. The van der Waals surface area contributed by atoms with Crippen molar-refractivity contribution in [3.05, 3.63) is 40.8 Å². The molecule has 104 valence electrons. The van der Waals surface area contributed by atoms with Gasteiger partial charge in [0.25, 0.3) is 5.91 Å². The molecule has 3 aliphatic heterocycles. The zero-order valence-electron chi connectivity index (χ0n) is 11.1. The van der Waals surface area contributed by atoms with Crippen molar-refractivity contribution in [3.63, 3.8) is 0 Å². The number of amides is 1. The SMILES string of the molecule is Cc1cc2ccnc-2oc1CN1C=C(C(N)=O)SCC1. The second kappa shape index (κ2) is 5.20. The van der Waals surface area contributed by atoms with Crippen LogP contribution in [0.15, 0.2) is 33.9 Å². The van der Waals surface area contributed by atoms with Crippen LogP contribution in [0.4, 0.5) is 0 Å². The van der Waals surface area contributed by atoms with Gasteiger partial charge >= 0.3 is 0 Å². The van der Waals surface area contributed by atoms with E-state index >= 15 is 0 Å². The maximum absolute atomic E-state index is 11.2. The lowest BCUT2D eigenvalue weighted by atomic mass is 10.1. The number of nitrogens with two attached hydrogens (primary N) is 1. The van der Waals surface area contributed by atoms with Crippen LogP contribution >= 0.6 is 11.8 Å². The Balaban J connectivity index is 1.86. The minimum atomic E-state index is -0.374. The van der Waals surface area contributed by atoms with Gasteiger partial charge in [-0.15, -0.1) is 11.8 Å². The monoisotopic (exact) mass is 289 g/mol. The van der Waals surface area contributed by atoms with Crippen molar-refractivity contribution in [3.8, 4) is 11.5 Å². The van der Waals surface area contributed by atoms with Gasteiger partial charge in [0.2, 0.25) is 5.89 Å². The normalized spacial score (nSPS) is 15.4. The summed E-state index contributed by atoms with van der Waals surface area (Å²) in [6.45, 7) is 3.50. The average Bonchev–Trinajstić information content (AvgIpc) is 2.86. The Morgan fingerprint density at radius 2 is 2.45 bits per heavy atom. The first-order valence-electron chi connectivity index (χ1n) is 6.36. The first-order chi connectivity index (χ1) is 9.63. The van der Waals surface area contributed by atoms with Gasteiger partial charge in [-0.25, -0.2) is 4.98 Å². The summed E-state index contributed by atoms with van der Waals surface area (Å²) >= 11 is 1.50. The van der Waals surface area contributed by atoms with Gasteiger partial charge in [0.1, 0.15) is 5.76 Å². The molecule has 0 spiro atoms. The fourth-order valence-corrected chi connectivity index (χ4v) is 3.09. The summed E-state index contributed by atoms with van der Waals surface area (Å²) in [6, 6.07) is 4.00. The van der Waals surface area contributed by atoms with E-state index in [4.69, 9.17) is 10.2 Å². The smallest absolute Gasteiger partial charge is 0.256 e. The van der Waals surface area contributed by atoms with E-state index in [1.165, 1.54) is 11.8 Å². The second-order valence-electron chi connectivity index (χ2n) is 4.73. The molecule has 20 heavy (non-hydrogen) atoms. The molecule has 0 saturated carbocycles. The molecular formula is C14H15N3O2S. The van der Waals surface area contributed by atoms with Crippen molar-refractivity contribution in [1.29, 1.82) is 0 Å². The number of aromatic nitrogens is 1. The Morgan fingerprint density at radius 1 is 1.60 bits per heavy atom. The summed E-state index contributed by atoms with van der Waals surface area (Å²) in [4.78, 5) is 18.1. The molecule has 0 aromatic heterocycles. The zero-order valence-corrected chi connectivity index (χ0v) is 11.9. The number of primary amides is 1. The Labute approximate surface area is 121 Å². The van der Waals surface area contributed by atoms with E-state index in [-0.39, 0.29) is 5.91 Å². The van der Waals surface area contributed by atoms with E-state index in [0.29, 0.717) is 17.3 Å². The number of fused-ring (bicyclic) bond motifs is 1. The van der Waals surface area contributed by atoms with E-state index in [0.717, 1.165) is 29.2 Å². The van der Waals surface area contributed by atoms with E-state index in [1.54, 1.807) is 6.20 Å². The minimum Gasteiger partial charge on any atom is -0.441 e. The number of carbonyl (C=O) groups is 1. The molecule has 0 unspecified atom stereocenters. The average molecular weight is 289 g/mol. The standard InChI is InChI=1S/C14H15N3O2S/c1-9-6-10-2-3-16-14(10)19-11(9)7-17-4-5-20-12(8-17)13(15)18/h2-3,6,8H,4-5,7H2,1H3,(H2,15,18). The molecule has 6 heteroatoms. The van der Waals surface area contributed by atoms with Crippen LogP contribution in [0.1, 0.15) is 11.3 Å². The van der Waals surface area contributed by atoms with Crippen LogP contribution in [0.25, 0.3) is 11.5 Å². The minimum absolute atomic E-state index is 0.374. The lowest BCUT2D eigenvalue weighted by Crippen LogP contribution is -2.27. The highest BCUT2D eigenvalue weighted by atomic mass is 32.2. The molecule has 0 bridgehead atoms. The van der Waals surface area contributed by atoms with Crippen molar-refractivity contribution < 1.29 is 9.21 Å². The zero-order chi connectivity index (χ0) is 14.1. The van der Waals surface area contributed by atoms with Gasteiger partial charge in [-0.3, -0.25) is 4.79 Å². The van der Waals surface area contributed by atoms with Gasteiger partial charge in [-0.05, 0) is 24.6 Å². The van der Waals surface area contributed by atoms with Crippen molar-refractivity contribution in [2.75, 3.05) is 12.3 Å². The summed E-state index contributed by atoms with van der Waals surface area (Å²) < 4.78 is 5.83. The third-order valence-corrected chi connectivity index (χ3v) is 4.25. The van der Waals surface area contributed by atoms with Crippen molar-refractivity contribution >= 4 is 17.7 Å². The van der Waals surface area contributed by atoms with Crippen LogP contribution in [-0.4, -0.2) is 28.1 Å². The van der Waals surface area contributed by atoms with Crippen LogP contribution < -0.4 is 5.73 Å². The molecule has 0 fully saturated rings. The van der Waals surface area contributed by atoms with Gasteiger partial charge in [-0.2, -0.15) is 0 Å². The van der Waals surface area contributed by atoms with Crippen molar-refractivity contribution in [2.24, 2.45) is 5.73 Å². The predicted octanol–water partition coefficient (Wildman–Crippen LogP) is 1.96. The summed E-state index contributed by atoms with van der Waals surface area (Å²) in [5.74, 6) is 1.99. The van der Waals surface area contributed by atoms with E-state index in [2.05, 4.69) is 16.0 Å². The summed E-state index contributed by atoms with van der Waals surface area (Å²) in [5.41, 5.74) is 7.41. The number of thioether (sulfide) groups is 1. The van der Waals surface area contributed by atoms with Crippen LogP contribution in [-0.2, 0) is 11.3 Å². The molecule has 3 aliphatic rings. The highest BCUT2D eigenvalue weighted by Gasteiger charge is 2.18. The third kappa shape index (κ3) is 2.51. The van der Waals surface area contributed by atoms with Gasteiger partial charge in [0.15, 0.2) is 0 Å². The summed E-state index contributed by atoms with van der Waals surface area (Å²) in [7, 11) is 0. The van der Waals surface area contributed by atoms with E-state index in [1.807, 2.05) is 19.2 Å². The predicted molar refractivity (Wildman–Crippen MR) is 78.0 cm³/mol. The molecule has 1 amide bonds. The number of aryl methyl sites for hydroxylation is 1. The number of carbonyl (C=O) groups excluding carboxylic acids is 1. The third-order valence-electron chi connectivity index (χ3n) is 3.25. The molecular weight excluding hydrogens is 274 g/mol. The Morgan fingerprint density at radius 3 is 3.25 bits per heavy atom. The van der Waals surface area contributed by atoms with E-state index < -0.39 is 0 Å². The Bertz CT molecular complexity index is 650. The van der Waals surface area contributed by atoms with Crippen LogP contribution in [0.3, 0.4) is 0 Å². The van der Waals surface area contributed by atoms with Gasteiger partial charge in [0, 0.05) is 30.3 Å². The van der Waals surface area contributed by atoms with Gasteiger partial charge in [0.05, 0.1) is 11.4 Å². The largest absolute Gasteiger partial charge is 0.441 e. The fraction of sp³-hybridized carbons (Fsp3) is 0.286. The maximum atomic E-state index is 11.2. The fourth-order valence-electron chi connectivity index (χ4n) is 2.18. The second-order valence-corrected chi connectivity index (χ2v) is 5.87. The number of hydrogen-bond acceptors (Lipinski definition) is 5. The molecule has 3 heterocycles. The maximum Gasteiger partial charge on any atom is 0.256 e. The van der Waals surface area contributed by atoms with Gasteiger partial charge in [-0.1, -0.05) is 0 Å². The first kappa shape index (κ1) is 13.1. The molecule has 0 aromatic carbocycles. The van der Waals surface area contributed by atoms with E-state index in [9.17, 15) is 4.79 Å². The Hall–Kier alpha value is -1.95. The topological polar surface area (TPSA) is 72.4 Å². The first-order valence-corrected chi connectivity index (χ1v) is 7.34. The van der Waals surface area contributed by atoms with Crippen LogP contribution in [0.2, 0.25) is 0 Å². The molecule has 3 rings (SSSR count). The molecule has 0 atom stereocenters. The van der Waals surface area contributed by atoms with Gasteiger partial charge < -0.3 is 15.1 Å². The molecule has 5 nitrogen and oxygen atoms in total. The highest BCUT2D eigenvalue weighted by Crippen LogP contribution is 2.27. The number of rotatable bonds is 3. The molecule has 0 aromatic rings. The van der Waals surface area contributed by atoms with Crippen molar-refractivity contribution in [1.82, 2.24) is 9.88 Å². The molecule has 0 saturated heterocycles. The van der Waals surface area contributed by atoms with Crippen molar-refractivity contribution in [2.45, 2.75) is 13.5 Å². The Kier molecular flexibility index (Phi) is 3.40. The summed E-state index contributed by atoms with van der Waals surface area (Å²) in [6.07, 6.45) is 3.55. The number of hydrogen-bond donors (Lipinski definition) is 1. The molecule has 2 N–H and O–H groups in total. The van der Waals surface area contributed by atoms with Crippen LogP contribution in [0.5, 0.6) is 0 Å². The quantitative estimate of drug-likeness (QED) is 0.935. The molecule has 0 aliphatic carbocycles. The lowest BCUT2D eigenvalue weighted by molar-refractivity contribution is -0.114. The lowest BCUT2D eigenvalue weighted by Gasteiger charge is -2.25. The highest BCUT2D eigenvalue weighted by molar-refractivity contribution is 8.04.